The van der Waals surface area contributed by atoms with Crippen LogP contribution in [0.1, 0.15) is 19.4 Å². The van der Waals surface area contributed by atoms with Crippen LogP contribution in [0.15, 0.2) is 6.33 Å². The second-order valence-electron chi connectivity index (χ2n) is 3.45. The lowest BCUT2D eigenvalue weighted by Crippen LogP contribution is -2.14. The van der Waals surface area contributed by atoms with Crippen molar-refractivity contribution in [1.29, 1.82) is 0 Å². The van der Waals surface area contributed by atoms with E-state index in [-0.39, 0.29) is 0 Å². The van der Waals surface area contributed by atoms with E-state index in [4.69, 9.17) is 5.73 Å². The first-order valence-corrected chi connectivity index (χ1v) is 4.41. The Labute approximate surface area is 77.1 Å². The summed E-state index contributed by atoms with van der Waals surface area (Å²) < 4.78 is 2.13. The number of nitrogens with two attached hydrogens (primary N) is 1. The number of hydrogen-bond donors (Lipinski definition) is 1. The Balaban J connectivity index is 2.50. The van der Waals surface area contributed by atoms with Crippen molar-refractivity contribution in [1.82, 2.24) is 9.97 Å². The van der Waals surface area contributed by atoms with Crippen LogP contribution in [0, 0.1) is 0 Å². The van der Waals surface area contributed by atoms with Gasteiger partial charge in [0.1, 0.15) is 5.82 Å². The second kappa shape index (κ2) is 2.80. The molecule has 13 heavy (non-hydrogen) atoms. The molecule has 0 saturated heterocycles. The molecule has 0 saturated carbocycles. The van der Waals surface area contributed by atoms with Gasteiger partial charge in [-0.2, -0.15) is 4.98 Å². The molecule has 2 N–H and O–H groups in total. The number of hydrogen-bond acceptors (Lipinski definition) is 3. The first kappa shape index (κ1) is 8.16. The molecule has 1 aliphatic rings. The molecule has 2 rings (SSSR count). The molecule has 0 atom stereocenters. The van der Waals surface area contributed by atoms with Crippen molar-refractivity contribution >= 4 is 17.9 Å². The van der Waals surface area contributed by atoms with Crippen LogP contribution in [0.2, 0.25) is 0 Å². The zero-order chi connectivity index (χ0) is 9.42. The van der Waals surface area contributed by atoms with Gasteiger partial charge in [0, 0.05) is 6.42 Å². The predicted molar refractivity (Wildman–Crippen MR) is 51.3 cm³/mol. The molecule has 4 heteroatoms. The lowest BCUT2D eigenvalue weighted by Gasteiger charge is -2.03. The Morgan fingerprint density at radius 3 is 2.92 bits per heavy atom. The largest absolute Gasteiger partial charge is 0.383 e. The summed E-state index contributed by atoms with van der Waals surface area (Å²) in [6.45, 7) is 4.26. The van der Waals surface area contributed by atoms with Gasteiger partial charge in [0.15, 0.2) is 0 Å². The van der Waals surface area contributed by atoms with E-state index in [1.165, 1.54) is 6.33 Å². The highest BCUT2D eigenvalue weighted by atomic mass is 15.1. The third kappa shape index (κ3) is 1.18. The summed E-state index contributed by atoms with van der Waals surface area (Å²) in [5.74, 6) is 1.56. The van der Waals surface area contributed by atoms with Crippen molar-refractivity contribution < 1.29 is 4.58 Å². The Bertz CT molecular complexity index is 368. The van der Waals surface area contributed by atoms with Gasteiger partial charge in [-0.25, -0.2) is 4.58 Å². The molecule has 0 aliphatic carbocycles. The molecule has 4 nitrogen and oxygen atoms in total. The maximum absolute atomic E-state index is 5.74. The lowest BCUT2D eigenvalue weighted by molar-refractivity contribution is -0.472. The van der Waals surface area contributed by atoms with E-state index in [9.17, 15) is 0 Å². The summed E-state index contributed by atoms with van der Waals surface area (Å²) in [7, 11) is 0. The topological polar surface area (TPSA) is 54.8 Å². The number of aromatic nitrogens is 2. The van der Waals surface area contributed by atoms with Gasteiger partial charge in [-0.15, -0.1) is 0 Å². The molecular formula is C9H13N4+. The van der Waals surface area contributed by atoms with E-state index < -0.39 is 0 Å². The van der Waals surface area contributed by atoms with Gasteiger partial charge in [-0.3, -0.25) is 0 Å². The summed E-state index contributed by atoms with van der Waals surface area (Å²) in [4.78, 5) is 8.19. The number of anilines is 1. The highest BCUT2D eigenvalue weighted by Gasteiger charge is 2.26. The van der Waals surface area contributed by atoms with E-state index in [0.29, 0.717) is 11.9 Å². The standard InChI is InChI=1S/C9H13N4/c1-6(2)13-4-3-7-8(10)11-5-12-9(7)13/h4-6H,3H2,1-2H3,(H2,10,11,12)/q+1. The molecule has 0 fully saturated rings. The molecule has 0 unspecified atom stereocenters. The van der Waals surface area contributed by atoms with Crippen LogP contribution in [0.3, 0.4) is 0 Å². The highest BCUT2D eigenvalue weighted by Crippen LogP contribution is 2.25. The molecule has 0 spiro atoms. The summed E-state index contributed by atoms with van der Waals surface area (Å²) in [5, 5.41) is 0. The monoisotopic (exact) mass is 177 g/mol. The van der Waals surface area contributed by atoms with E-state index in [1.54, 1.807) is 0 Å². The van der Waals surface area contributed by atoms with Gasteiger partial charge in [-0.05, 0) is 18.8 Å². The SMILES string of the molecule is CC(C)[N+]1=CCc2c(N)ncnc21. The molecule has 0 radical (unpaired) electrons. The molecule has 1 aromatic heterocycles. The van der Waals surface area contributed by atoms with E-state index in [0.717, 1.165) is 17.8 Å². The van der Waals surface area contributed by atoms with Gasteiger partial charge in [0.05, 0.1) is 17.8 Å². The molecule has 68 valence electrons. The van der Waals surface area contributed by atoms with Crippen LogP contribution in [-0.4, -0.2) is 26.8 Å². The van der Waals surface area contributed by atoms with E-state index in [1.807, 2.05) is 0 Å². The first-order chi connectivity index (χ1) is 6.20. The van der Waals surface area contributed by atoms with Gasteiger partial charge >= 0.3 is 5.82 Å². The second-order valence-corrected chi connectivity index (χ2v) is 3.45. The van der Waals surface area contributed by atoms with Crippen molar-refractivity contribution in [2.75, 3.05) is 5.73 Å². The molecule has 0 bridgehead atoms. The van der Waals surface area contributed by atoms with Crippen LogP contribution in [0.25, 0.3) is 0 Å². The van der Waals surface area contributed by atoms with Gasteiger partial charge in [0.2, 0.25) is 6.33 Å². The molecule has 0 amide bonds. The summed E-state index contributed by atoms with van der Waals surface area (Å²) in [6.07, 6.45) is 4.48. The predicted octanol–water partition coefficient (Wildman–Crippen LogP) is 0.738. The third-order valence-electron chi connectivity index (χ3n) is 2.25. The molecule has 2 heterocycles. The summed E-state index contributed by atoms with van der Waals surface area (Å²) in [5.41, 5.74) is 6.79. The maximum Gasteiger partial charge on any atom is 0.332 e. The summed E-state index contributed by atoms with van der Waals surface area (Å²) >= 11 is 0. The average Bonchev–Trinajstić information content (AvgIpc) is 2.48. The molecule has 1 aliphatic heterocycles. The first-order valence-electron chi connectivity index (χ1n) is 4.41. The highest BCUT2D eigenvalue weighted by molar-refractivity contribution is 5.69. The van der Waals surface area contributed by atoms with Crippen LogP contribution >= 0.6 is 0 Å². The Morgan fingerprint density at radius 2 is 2.23 bits per heavy atom. The van der Waals surface area contributed by atoms with Crippen molar-refractivity contribution in [2.45, 2.75) is 26.3 Å². The number of rotatable bonds is 1. The average molecular weight is 177 g/mol. The lowest BCUT2D eigenvalue weighted by atomic mass is 10.2. The van der Waals surface area contributed by atoms with Crippen molar-refractivity contribution in [2.24, 2.45) is 0 Å². The smallest absolute Gasteiger partial charge is 0.332 e. The molecule has 1 aromatic rings. The minimum atomic E-state index is 0.426. The zero-order valence-electron chi connectivity index (χ0n) is 7.86. The quantitative estimate of drug-likeness (QED) is 0.644. The van der Waals surface area contributed by atoms with Crippen LogP contribution < -0.4 is 5.73 Å². The fraction of sp³-hybridized carbons (Fsp3) is 0.444. The van der Waals surface area contributed by atoms with Gasteiger partial charge in [-0.1, -0.05) is 0 Å². The van der Waals surface area contributed by atoms with E-state index in [2.05, 4.69) is 34.6 Å². The van der Waals surface area contributed by atoms with Crippen molar-refractivity contribution in [3.8, 4) is 0 Å². The third-order valence-corrected chi connectivity index (χ3v) is 2.25. The Morgan fingerprint density at radius 1 is 1.46 bits per heavy atom. The molecule has 0 aromatic carbocycles. The Kier molecular flexibility index (Phi) is 1.76. The van der Waals surface area contributed by atoms with Gasteiger partial charge < -0.3 is 5.73 Å². The number of nitrogen functional groups attached to an aromatic ring is 1. The van der Waals surface area contributed by atoms with Crippen molar-refractivity contribution in [3.05, 3.63) is 11.9 Å². The molecular weight excluding hydrogens is 164 g/mol. The number of fused-ring (bicyclic) bond motifs is 1. The fourth-order valence-electron chi connectivity index (χ4n) is 1.57. The van der Waals surface area contributed by atoms with Gasteiger partial charge in [0.25, 0.3) is 0 Å². The van der Waals surface area contributed by atoms with Crippen LogP contribution in [0.5, 0.6) is 0 Å². The fourth-order valence-corrected chi connectivity index (χ4v) is 1.57. The maximum atomic E-state index is 5.74. The minimum absolute atomic E-state index is 0.426. The van der Waals surface area contributed by atoms with Crippen LogP contribution in [-0.2, 0) is 6.42 Å². The minimum Gasteiger partial charge on any atom is -0.383 e. The number of nitrogens with zero attached hydrogens (tertiary/aromatic N) is 3. The normalized spacial score (nSPS) is 14.5. The van der Waals surface area contributed by atoms with E-state index >= 15 is 0 Å². The zero-order valence-corrected chi connectivity index (χ0v) is 7.86. The van der Waals surface area contributed by atoms with Crippen molar-refractivity contribution in [3.63, 3.8) is 0 Å². The summed E-state index contributed by atoms with van der Waals surface area (Å²) in [6, 6.07) is 0.426. The van der Waals surface area contributed by atoms with Crippen LogP contribution in [0.4, 0.5) is 11.6 Å². The Hall–Kier alpha value is -1.45.